The van der Waals surface area contributed by atoms with Crippen LogP contribution in [0.5, 0.6) is 0 Å². The highest BCUT2D eigenvalue weighted by Gasteiger charge is 2.26. The lowest BCUT2D eigenvalue weighted by molar-refractivity contribution is -0.125. The minimum Gasteiger partial charge on any atom is -0.496 e. The van der Waals surface area contributed by atoms with Gasteiger partial charge in [0.05, 0.1) is 34.7 Å². The maximum Gasteiger partial charge on any atom is 0.239 e. The number of hydrogen-bond donors (Lipinski definition) is 3. The molecule has 36 heavy (non-hydrogen) atoms. The summed E-state index contributed by atoms with van der Waals surface area (Å²) in [5.41, 5.74) is 9.57. The summed E-state index contributed by atoms with van der Waals surface area (Å²) < 4.78 is 7.98. The van der Waals surface area contributed by atoms with Gasteiger partial charge in [-0.05, 0) is 20.8 Å². The third kappa shape index (κ3) is 4.79. The smallest absolute Gasteiger partial charge is 0.239 e. The number of aryl methyl sites for hydroxylation is 2. The molecule has 0 saturated carbocycles. The minimum atomic E-state index is -0.917. The molecule has 1 aliphatic heterocycles. The topological polar surface area (TPSA) is 137 Å². The van der Waals surface area contributed by atoms with E-state index in [1.165, 1.54) is 0 Å². The van der Waals surface area contributed by atoms with E-state index in [0.29, 0.717) is 25.5 Å². The number of hydrogen-bond acceptors (Lipinski definition) is 8. The largest absolute Gasteiger partial charge is 0.496 e. The van der Waals surface area contributed by atoms with Crippen LogP contribution in [0.15, 0.2) is 42.4 Å². The number of rotatable bonds is 8. The van der Waals surface area contributed by atoms with E-state index < -0.39 is 5.54 Å². The van der Waals surface area contributed by atoms with Crippen LogP contribution in [0.3, 0.4) is 0 Å². The van der Waals surface area contributed by atoms with Crippen molar-refractivity contribution in [2.75, 3.05) is 13.2 Å². The summed E-state index contributed by atoms with van der Waals surface area (Å²) in [5, 5.41) is 15.5. The number of aromatic amines is 1. The Morgan fingerprint density at radius 3 is 2.83 bits per heavy atom. The Morgan fingerprint density at radius 1 is 1.31 bits per heavy atom. The van der Waals surface area contributed by atoms with Gasteiger partial charge in [0.15, 0.2) is 5.82 Å². The average molecular weight is 505 g/mol. The SMILES string of the molecule is Cc1nn2c(c1-c1nc(-c3ccccc3)c(-c3nc[nH]n3)s1)C=C(OCCNC(=O)C(C)(C)N)CC2. The monoisotopic (exact) mass is 504 g/mol. The van der Waals surface area contributed by atoms with Gasteiger partial charge in [-0.25, -0.2) is 9.97 Å². The number of amides is 1. The molecule has 0 bridgehead atoms. The third-order valence-electron chi connectivity index (χ3n) is 5.80. The van der Waals surface area contributed by atoms with Gasteiger partial charge in [-0.3, -0.25) is 14.6 Å². The molecular weight excluding hydrogens is 476 g/mol. The molecule has 0 atom stereocenters. The first-order valence-corrected chi connectivity index (χ1v) is 12.5. The molecule has 11 heteroatoms. The molecule has 10 nitrogen and oxygen atoms in total. The summed E-state index contributed by atoms with van der Waals surface area (Å²) in [7, 11) is 0. The van der Waals surface area contributed by atoms with Crippen molar-refractivity contribution in [2.45, 2.75) is 39.3 Å². The van der Waals surface area contributed by atoms with Gasteiger partial charge in [-0.1, -0.05) is 30.3 Å². The van der Waals surface area contributed by atoms with Crippen LogP contribution >= 0.6 is 11.3 Å². The summed E-state index contributed by atoms with van der Waals surface area (Å²) in [6, 6.07) is 10.0. The number of aromatic nitrogens is 6. The Hall–Kier alpha value is -3.83. The van der Waals surface area contributed by atoms with Crippen LogP contribution in [0.4, 0.5) is 0 Å². The van der Waals surface area contributed by atoms with E-state index in [1.807, 2.05) is 48.0 Å². The lowest BCUT2D eigenvalue weighted by atomic mass is 10.1. The highest BCUT2D eigenvalue weighted by molar-refractivity contribution is 7.18. The Labute approximate surface area is 212 Å². The molecule has 0 radical (unpaired) electrons. The van der Waals surface area contributed by atoms with Crippen molar-refractivity contribution in [1.29, 1.82) is 0 Å². The number of allylic oxidation sites excluding steroid dienone is 1. The van der Waals surface area contributed by atoms with Gasteiger partial charge in [0, 0.05) is 24.6 Å². The number of nitrogens with one attached hydrogen (secondary N) is 2. The summed E-state index contributed by atoms with van der Waals surface area (Å²) in [4.78, 5) is 22.3. The van der Waals surface area contributed by atoms with Gasteiger partial charge >= 0.3 is 0 Å². The summed E-state index contributed by atoms with van der Waals surface area (Å²) in [6.07, 6.45) is 4.31. The number of fused-ring (bicyclic) bond motifs is 1. The lowest BCUT2D eigenvalue weighted by Crippen LogP contribution is -2.49. The number of nitrogens with zero attached hydrogens (tertiary/aromatic N) is 5. The Balaban J connectivity index is 1.43. The fourth-order valence-corrected chi connectivity index (χ4v) is 5.13. The Kier molecular flexibility index (Phi) is 6.42. The van der Waals surface area contributed by atoms with Gasteiger partial charge < -0.3 is 15.8 Å². The lowest BCUT2D eigenvalue weighted by Gasteiger charge is -2.19. The molecule has 0 saturated heterocycles. The maximum absolute atomic E-state index is 12.0. The number of thiazole rings is 1. The van der Waals surface area contributed by atoms with Crippen LogP contribution in [0.1, 0.15) is 31.7 Å². The number of carbonyl (C=O) groups is 1. The van der Waals surface area contributed by atoms with Gasteiger partial charge in [-0.15, -0.1) is 11.3 Å². The predicted molar refractivity (Wildman–Crippen MR) is 139 cm³/mol. The van der Waals surface area contributed by atoms with E-state index in [-0.39, 0.29) is 5.91 Å². The number of benzene rings is 1. The van der Waals surface area contributed by atoms with Crippen LogP contribution < -0.4 is 11.1 Å². The van der Waals surface area contributed by atoms with Crippen LogP contribution in [0, 0.1) is 6.92 Å². The average Bonchev–Trinajstić information content (AvgIpc) is 3.59. The van der Waals surface area contributed by atoms with Crippen molar-refractivity contribution >= 4 is 23.3 Å². The van der Waals surface area contributed by atoms with Crippen molar-refractivity contribution in [3.05, 3.63) is 53.8 Å². The molecule has 3 aromatic heterocycles. The number of nitrogens with two attached hydrogens (primary N) is 1. The molecule has 1 aromatic carbocycles. The van der Waals surface area contributed by atoms with Crippen molar-refractivity contribution < 1.29 is 9.53 Å². The summed E-state index contributed by atoms with van der Waals surface area (Å²) in [5.74, 6) is 1.25. The molecular formula is C25H28N8O2S. The maximum atomic E-state index is 12.0. The Bertz CT molecular complexity index is 1400. The zero-order valence-corrected chi connectivity index (χ0v) is 21.2. The molecule has 0 spiro atoms. The molecule has 0 unspecified atom stereocenters. The van der Waals surface area contributed by atoms with E-state index in [4.69, 9.17) is 20.6 Å². The van der Waals surface area contributed by atoms with Crippen molar-refractivity contribution in [1.82, 2.24) is 35.3 Å². The molecule has 5 rings (SSSR count). The fraction of sp³-hybridized carbons (Fsp3) is 0.320. The molecule has 0 fully saturated rings. The molecule has 186 valence electrons. The standard InChI is InChI=1S/C25H28N8O2S/c1-15-19(18-13-17(9-11-33(18)32-15)35-12-10-27-24(34)25(2,3)26)23-30-20(16-7-5-4-6-8-16)21(36-23)22-28-14-29-31-22/h4-8,13-14H,9-12,26H2,1-3H3,(H,27,34)(H,28,29,31). The highest BCUT2D eigenvalue weighted by Crippen LogP contribution is 2.42. The number of ether oxygens (including phenoxy) is 1. The van der Waals surface area contributed by atoms with E-state index in [1.54, 1.807) is 31.5 Å². The van der Waals surface area contributed by atoms with Crippen LogP contribution in [0.2, 0.25) is 0 Å². The molecule has 1 aliphatic rings. The van der Waals surface area contributed by atoms with Crippen LogP contribution in [0.25, 0.3) is 38.6 Å². The van der Waals surface area contributed by atoms with Crippen molar-refractivity contribution in [3.63, 3.8) is 0 Å². The first-order chi connectivity index (χ1) is 17.3. The number of carbonyl (C=O) groups excluding carboxylic acids is 1. The predicted octanol–water partition coefficient (Wildman–Crippen LogP) is 3.38. The van der Waals surface area contributed by atoms with Gasteiger partial charge in [-0.2, -0.15) is 10.2 Å². The van der Waals surface area contributed by atoms with Gasteiger partial charge in [0.2, 0.25) is 5.91 Å². The highest BCUT2D eigenvalue weighted by atomic mass is 32.1. The molecule has 0 aliphatic carbocycles. The number of H-pyrrole nitrogens is 1. The first kappa shape index (κ1) is 23.9. The molecule has 1 amide bonds. The quantitative estimate of drug-likeness (QED) is 0.313. The minimum absolute atomic E-state index is 0.208. The van der Waals surface area contributed by atoms with Crippen LogP contribution in [-0.2, 0) is 16.1 Å². The third-order valence-corrected chi connectivity index (χ3v) is 6.87. The zero-order chi connectivity index (χ0) is 25.3. The first-order valence-electron chi connectivity index (χ1n) is 11.7. The zero-order valence-electron chi connectivity index (χ0n) is 20.4. The molecule has 4 heterocycles. The summed E-state index contributed by atoms with van der Waals surface area (Å²) in [6.45, 7) is 6.79. The van der Waals surface area contributed by atoms with Crippen molar-refractivity contribution in [2.24, 2.45) is 5.73 Å². The summed E-state index contributed by atoms with van der Waals surface area (Å²) >= 11 is 1.55. The second-order valence-corrected chi connectivity index (χ2v) is 10.1. The van der Waals surface area contributed by atoms with E-state index in [9.17, 15) is 4.79 Å². The van der Waals surface area contributed by atoms with Crippen molar-refractivity contribution in [3.8, 4) is 32.5 Å². The van der Waals surface area contributed by atoms with E-state index in [0.717, 1.165) is 50.3 Å². The van der Waals surface area contributed by atoms with Crippen LogP contribution in [-0.4, -0.2) is 54.5 Å². The van der Waals surface area contributed by atoms with E-state index in [2.05, 4.69) is 20.5 Å². The molecule has 4 N–H and O–H groups in total. The molecule has 4 aromatic rings. The van der Waals surface area contributed by atoms with E-state index >= 15 is 0 Å². The normalized spacial score (nSPS) is 13.3. The second kappa shape index (κ2) is 9.67. The van der Waals surface area contributed by atoms with Gasteiger partial charge in [0.25, 0.3) is 0 Å². The second-order valence-electron chi connectivity index (χ2n) is 9.14. The van der Waals surface area contributed by atoms with Gasteiger partial charge in [0.1, 0.15) is 28.6 Å². The Morgan fingerprint density at radius 2 is 2.11 bits per heavy atom. The fourth-order valence-electron chi connectivity index (χ4n) is 4.00.